The van der Waals surface area contributed by atoms with Crippen LogP contribution in [0.25, 0.3) is 11.0 Å². The minimum Gasteiger partial charge on any atom is -0.438 e. The van der Waals surface area contributed by atoms with E-state index < -0.39 is 11.8 Å². The zero-order valence-corrected chi connectivity index (χ0v) is 14.3. The number of para-hydroxylation sites is 1. The molecule has 3 rings (SSSR count). The monoisotopic (exact) mass is 384 g/mol. The van der Waals surface area contributed by atoms with Crippen LogP contribution in [0.3, 0.4) is 0 Å². The molecule has 1 N–H and O–H groups in total. The second-order valence-electron chi connectivity index (χ2n) is 5.10. The fraction of sp³-hybridized carbons (Fsp3) is 0.0556. The van der Waals surface area contributed by atoms with Crippen LogP contribution in [0.1, 0.15) is 17.3 Å². The average Bonchev–Trinajstić information content (AvgIpc) is 2.55. The molecule has 0 unspecified atom stereocenters. The van der Waals surface area contributed by atoms with Crippen LogP contribution in [-0.4, -0.2) is 11.8 Å². The van der Waals surface area contributed by atoms with Gasteiger partial charge in [0.2, 0.25) is 11.5 Å². The Morgan fingerprint density at radius 1 is 1.08 bits per heavy atom. The van der Waals surface area contributed by atoms with E-state index in [-0.39, 0.29) is 11.1 Å². The highest BCUT2D eigenvalue weighted by molar-refractivity contribution is 9.10. The Labute approximate surface area is 146 Å². The summed E-state index contributed by atoms with van der Waals surface area (Å²) in [5.41, 5.74) is 1.59. The van der Waals surface area contributed by atoms with Crippen LogP contribution in [0, 0.1) is 0 Å². The van der Waals surface area contributed by atoms with Gasteiger partial charge in [-0.3, -0.25) is 14.9 Å². The SMILES string of the molecule is CC(=O)NC(=O)c1cc2ccccc2oc1=Nc1ccc(Br)cc1. The fourth-order valence-corrected chi connectivity index (χ4v) is 2.44. The number of fused-ring (bicyclic) bond motifs is 1. The molecule has 2 aromatic carbocycles. The van der Waals surface area contributed by atoms with Crippen molar-refractivity contribution in [3.8, 4) is 0 Å². The van der Waals surface area contributed by atoms with E-state index >= 15 is 0 Å². The van der Waals surface area contributed by atoms with E-state index in [0.717, 1.165) is 9.86 Å². The summed E-state index contributed by atoms with van der Waals surface area (Å²) in [5.74, 6) is -0.990. The van der Waals surface area contributed by atoms with Gasteiger partial charge in [0, 0.05) is 16.8 Å². The molecule has 3 aromatic rings. The third kappa shape index (κ3) is 3.60. The van der Waals surface area contributed by atoms with Gasteiger partial charge in [-0.2, -0.15) is 0 Å². The molecule has 6 heteroatoms. The van der Waals surface area contributed by atoms with Crippen LogP contribution in [0.5, 0.6) is 0 Å². The first-order valence-corrected chi connectivity index (χ1v) is 7.97. The summed E-state index contributed by atoms with van der Waals surface area (Å²) >= 11 is 3.36. The van der Waals surface area contributed by atoms with Gasteiger partial charge in [0.05, 0.1) is 5.69 Å². The van der Waals surface area contributed by atoms with Crippen molar-refractivity contribution in [3.63, 3.8) is 0 Å². The number of hydrogen-bond donors (Lipinski definition) is 1. The molecule has 0 aliphatic heterocycles. The van der Waals surface area contributed by atoms with E-state index in [2.05, 4.69) is 26.2 Å². The van der Waals surface area contributed by atoms with Crippen molar-refractivity contribution in [1.29, 1.82) is 0 Å². The predicted octanol–water partition coefficient (Wildman–Crippen LogP) is 3.70. The van der Waals surface area contributed by atoms with Gasteiger partial charge in [-0.05, 0) is 36.4 Å². The highest BCUT2D eigenvalue weighted by Crippen LogP contribution is 2.17. The first kappa shape index (κ1) is 16.1. The summed E-state index contributed by atoms with van der Waals surface area (Å²) in [4.78, 5) is 27.9. The number of nitrogens with one attached hydrogen (secondary N) is 1. The summed E-state index contributed by atoms with van der Waals surface area (Å²) in [6.07, 6.45) is 0. The van der Waals surface area contributed by atoms with Crippen LogP contribution in [-0.2, 0) is 4.79 Å². The predicted molar refractivity (Wildman–Crippen MR) is 93.7 cm³/mol. The molecule has 0 fully saturated rings. The molecule has 0 aliphatic rings. The smallest absolute Gasteiger partial charge is 0.263 e. The standard InChI is InChI=1S/C18H13BrN2O3/c1-11(22)20-17(23)15-10-12-4-2-3-5-16(12)24-18(15)21-14-8-6-13(19)7-9-14/h2-10H,1H3,(H,20,22,23). The van der Waals surface area contributed by atoms with Gasteiger partial charge in [0.15, 0.2) is 0 Å². The zero-order chi connectivity index (χ0) is 17.1. The van der Waals surface area contributed by atoms with Crippen molar-refractivity contribution in [1.82, 2.24) is 5.32 Å². The topological polar surface area (TPSA) is 71.7 Å². The van der Waals surface area contributed by atoms with E-state index in [0.29, 0.717) is 11.3 Å². The maximum absolute atomic E-state index is 12.3. The van der Waals surface area contributed by atoms with Crippen LogP contribution >= 0.6 is 15.9 Å². The molecule has 0 bridgehead atoms. The molecule has 1 heterocycles. The first-order valence-electron chi connectivity index (χ1n) is 7.18. The fourth-order valence-electron chi connectivity index (χ4n) is 2.17. The lowest BCUT2D eigenvalue weighted by Crippen LogP contribution is -2.32. The number of imide groups is 1. The Bertz CT molecular complexity index is 991. The van der Waals surface area contributed by atoms with Gasteiger partial charge in [-0.15, -0.1) is 0 Å². The number of halogens is 1. The number of amides is 2. The van der Waals surface area contributed by atoms with Gasteiger partial charge in [-0.1, -0.05) is 34.1 Å². The van der Waals surface area contributed by atoms with E-state index in [1.807, 2.05) is 30.3 Å². The van der Waals surface area contributed by atoms with Crippen molar-refractivity contribution in [2.75, 3.05) is 0 Å². The molecule has 0 aliphatic carbocycles. The van der Waals surface area contributed by atoms with Gasteiger partial charge >= 0.3 is 0 Å². The minimum absolute atomic E-state index is 0.148. The van der Waals surface area contributed by atoms with Crippen molar-refractivity contribution in [2.24, 2.45) is 4.99 Å². The second-order valence-corrected chi connectivity index (χ2v) is 6.02. The summed E-state index contributed by atoms with van der Waals surface area (Å²) in [7, 11) is 0. The molecule has 120 valence electrons. The summed E-state index contributed by atoms with van der Waals surface area (Å²) < 4.78 is 6.70. The maximum atomic E-state index is 12.3. The lowest BCUT2D eigenvalue weighted by atomic mass is 10.1. The normalized spacial score (nSPS) is 11.5. The number of hydrogen-bond acceptors (Lipinski definition) is 4. The van der Waals surface area contributed by atoms with Gasteiger partial charge < -0.3 is 4.42 Å². The van der Waals surface area contributed by atoms with Crippen molar-refractivity contribution >= 4 is 44.4 Å². The molecular weight excluding hydrogens is 372 g/mol. The van der Waals surface area contributed by atoms with Crippen LogP contribution < -0.4 is 10.9 Å². The Kier molecular flexibility index (Phi) is 4.57. The third-order valence-electron chi connectivity index (χ3n) is 3.25. The van der Waals surface area contributed by atoms with E-state index in [1.54, 1.807) is 24.3 Å². The molecular formula is C18H13BrN2O3. The minimum atomic E-state index is -0.548. The number of nitrogens with zero attached hydrogens (tertiary/aromatic N) is 1. The lowest BCUT2D eigenvalue weighted by molar-refractivity contribution is -0.118. The highest BCUT2D eigenvalue weighted by atomic mass is 79.9. The van der Waals surface area contributed by atoms with E-state index in [4.69, 9.17) is 4.42 Å². The number of rotatable bonds is 2. The number of benzene rings is 2. The molecule has 2 amide bonds. The quantitative estimate of drug-likeness (QED) is 0.731. The molecule has 0 atom stereocenters. The molecule has 0 radical (unpaired) electrons. The van der Waals surface area contributed by atoms with Crippen molar-refractivity contribution in [3.05, 3.63) is 70.2 Å². The molecule has 5 nitrogen and oxygen atoms in total. The Morgan fingerprint density at radius 2 is 1.79 bits per heavy atom. The summed E-state index contributed by atoms with van der Waals surface area (Å²) in [5, 5.41) is 3.00. The largest absolute Gasteiger partial charge is 0.438 e. The number of carbonyl (C=O) groups excluding carboxylic acids is 2. The van der Waals surface area contributed by atoms with Gasteiger partial charge in [0.25, 0.3) is 5.91 Å². The molecule has 0 saturated heterocycles. The summed E-state index contributed by atoms with van der Waals surface area (Å²) in [6.45, 7) is 1.28. The van der Waals surface area contributed by atoms with Gasteiger partial charge in [0.1, 0.15) is 11.1 Å². The highest BCUT2D eigenvalue weighted by Gasteiger charge is 2.13. The van der Waals surface area contributed by atoms with Crippen LogP contribution in [0.2, 0.25) is 0 Å². The van der Waals surface area contributed by atoms with E-state index in [1.165, 1.54) is 6.92 Å². The van der Waals surface area contributed by atoms with Crippen LogP contribution in [0.15, 0.2) is 68.5 Å². The average molecular weight is 385 g/mol. The Balaban J connectivity index is 2.21. The second kappa shape index (κ2) is 6.80. The number of carbonyl (C=O) groups is 2. The van der Waals surface area contributed by atoms with Crippen LogP contribution in [0.4, 0.5) is 5.69 Å². The molecule has 0 saturated carbocycles. The lowest BCUT2D eigenvalue weighted by Gasteiger charge is -2.04. The Hall–Kier alpha value is -2.73. The van der Waals surface area contributed by atoms with Crippen molar-refractivity contribution < 1.29 is 14.0 Å². The zero-order valence-electron chi connectivity index (χ0n) is 12.7. The molecule has 24 heavy (non-hydrogen) atoms. The summed E-state index contributed by atoms with van der Waals surface area (Å²) in [6, 6.07) is 16.2. The van der Waals surface area contributed by atoms with Crippen molar-refractivity contribution in [2.45, 2.75) is 6.92 Å². The molecule has 1 aromatic heterocycles. The Morgan fingerprint density at radius 3 is 2.50 bits per heavy atom. The first-order chi connectivity index (χ1) is 11.5. The third-order valence-corrected chi connectivity index (χ3v) is 3.78. The van der Waals surface area contributed by atoms with Gasteiger partial charge in [-0.25, -0.2) is 4.99 Å². The van der Waals surface area contributed by atoms with E-state index in [9.17, 15) is 9.59 Å². The molecule has 0 spiro atoms. The maximum Gasteiger partial charge on any atom is 0.263 e.